The van der Waals surface area contributed by atoms with Crippen molar-refractivity contribution < 1.29 is 9.59 Å². The van der Waals surface area contributed by atoms with Crippen LogP contribution < -0.4 is 10.7 Å². The Morgan fingerprint density at radius 2 is 1.91 bits per heavy atom. The van der Waals surface area contributed by atoms with Gasteiger partial charge in [-0.1, -0.05) is 18.2 Å². The van der Waals surface area contributed by atoms with E-state index in [4.69, 9.17) is 0 Å². The minimum absolute atomic E-state index is 0.0766. The van der Waals surface area contributed by atoms with Gasteiger partial charge < -0.3 is 10.2 Å². The second-order valence-corrected chi connectivity index (χ2v) is 5.95. The van der Waals surface area contributed by atoms with Gasteiger partial charge in [-0.2, -0.15) is 0 Å². The van der Waals surface area contributed by atoms with Crippen molar-refractivity contribution in [3.63, 3.8) is 0 Å². The Morgan fingerprint density at radius 3 is 2.59 bits per heavy atom. The van der Waals surface area contributed by atoms with Crippen molar-refractivity contribution in [2.75, 3.05) is 19.0 Å². The maximum atomic E-state index is 12.6. The fourth-order valence-electron chi connectivity index (χ4n) is 2.74. The first-order chi connectivity index (χ1) is 10.6. The first kappa shape index (κ1) is 14.7. The van der Waals surface area contributed by atoms with Crippen LogP contribution in [0.15, 0.2) is 30.3 Å². The molecule has 118 valence electrons. The van der Waals surface area contributed by atoms with E-state index in [1.165, 1.54) is 5.01 Å². The van der Waals surface area contributed by atoms with E-state index >= 15 is 0 Å². The predicted octanol–water partition coefficient (Wildman–Crippen LogP) is 1.81. The Morgan fingerprint density at radius 1 is 1.18 bits per heavy atom. The van der Waals surface area contributed by atoms with Gasteiger partial charge in [-0.15, -0.1) is 0 Å². The molecule has 1 heterocycles. The number of likely N-dealkylation sites (N-methyl/N-ethyl adjacent to an activating group) is 1. The average Bonchev–Trinajstić information content (AvgIpc) is 3.19. The van der Waals surface area contributed by atoms with Crippen LogP contribution in [0.3, 0.4) is 0 Å². The number of carbonyl (C=O) groups excluding carboxylic acids is 2. The molecule has 1 aliphatic heterocycles. The van der Waals surface area contributed by atoms with Gasteiger partial charge in [0.15, 0.2) is 0 Å². The first-order valence-corrected chi connectivity index (χ1v) is 7.81. The van der Waals surface area contributed by atoms with Gasteiger partial charge in [0.1, 0.15) is 6.04 Å². The molecule has 0 aromatic heterocycles. The number of nitrogens with one attached hydrogen (secondary N) is 2. The Hall–Kier alpha value is -2.24. The number of urea groups is 1. The van der Waals surface area contributed by atoms with Crippen LogP contribution in [-0.4, -0.2) is 47.5 Å². The van der Waals surface area contributed by atoms with E-state index in [2.05, 4.69) is 10.7 Å². The molecule has 1 aromatic carbocycles. The predicted molar refractivity (Wildman–Crippen MR) is 84.1 cm³/mol. The summed E-state index contributed by atoms with van der Waals surface area (Å²) in [5, 5.41) is 4.44. The molecule has 0 radical (unpaired) electrons. The largest absolute Gasteiger partial charge is 0.335 e. The van der Waals surface area contributed by atoms with Gasteiger partial charge in [-0.3, -0.25) is 15.2 Å². The summed E-state index contributed by atoms with van der Waals surface area (Å²) in [5.41, 5.74) is 3.91. The third kappa shape index (κ3) is 3.32. The summed E-state index contributed by atoms with van der Waals surface area (Å²) in [5.74, 6) is -0.0766. The van der Waals surface area contributed by atoms with Gasteiger partial charge in [0.2, 0.25) is 0 Å². The number of anilines is 1. The van der Waals surface area contributed by atoms with Crippen LogP contribution in [0.1, 0.15) is 25.7 Å². The lowest BCUT2D eigenvalue weighted by atomic mass is 10.2. The fraction of sp³-hybridized carbons (Fsp3) is 0.500. The number of nitrogens with zero attached hydrogens (tertiary/aromatic N) is 2. The van der Waals surface area contributed by atoms with Crippen molar-refractivity contribution in [3.8, 4) is 0 Å². The zero-order valence-electron chi connectivity index (χ0n) is 12.8. The highest BCUT2D eigenvalue weighted by Gasteiger charge is 2.37. The summed E-state index contributed by atoms with van der Waals surface area (Å²) < 4.78 is 0. The second-order valence-electron chi connectivity index (χ2n) is 5.95. The van der Waals surface area contributed by atoms with Crippen molar-refractivity contribution in [2.24, 2.45) is 0 Å². The molecule has 1 aromatic rings. The van der Waals surface area contributed by atoms with Gasteiger partial charge in [-0.05, 0) is 37.8 Å². The number of amides is 3. The maximum Gasteiger partial charge on any atom is 0.318 e. The number of hydrazine groups is 1. The lowest BCUT2D eigenvalue weighted by Crippen LogP contribution is -2.51. The third-order valence-electron chi connectivity index (χ3n) is 4.10. The SMILES string of the molecule is CN(Nc1ccccc1)C(=O)C1CCCN1C(=O)NC1CC1. The van der Waals surface area contributed by atoms with E-state index in [1.54, 1.807) is 11.9 Å². The lowest BCUT2D eigenvalue weighted by molar-refractivity contribution is -0.132. The molecule has 2 N–H and O–H groups in total. The highest BCUT2D eigenvalue weighted by Crippen LogP contribution is 2.23. The Labute approximate surface area is 130 Å². The molecule has 1 saturated carbocycles. The molecule has 2 fully saturated rings. The highest BCUT2D eigenvalue weighted by atomic mass is 16.2. The molecule has 1 atom stereocenters. The first-order valence-electron chi connectivity index (χ1n) is 7.81. The minimum Gasteiger partial charge on any atom is -0.335 e. The Balaban J connectivity index is 1.60. The van der Waals surface area contributed by atoms with Gasteiger partial charge in [-0.25, -0.2) is 4.79 Å². The fourth-order valence-corrected chi connectivity index (χ4v) is 2.74. The summed E-state index contributed by atoms with van der Waals surface area (Å²) in [6.45, 7) is 0.647. The molecule has 3 rings (SSSR count). The number of para-hydroxylation sites is 1. The van der Waals surface area contributed by atoms with Crippen LogP contribution in [0.2, 0.25) is 0 Å². The molecule has 22 heavy (non-hydrogen) atoms. The average molecular weight is 302 g/mol. The molecule has 0 bridgehead atoms. The number of hydrogen-bond donors (Lipinski definition) is 2. The van der Waals surface area contributed by atoms with Gasteiger partial charge >= 0.3 is 6.03 Å². The molecule has 6 heteroatoms. The van der Waals surface area contributed by atoms with E-state index in [1.807, 2.05) is 30.3 Å². The van der Waals surface area contributed by atoms with Crippen molar-refractivity contribution in [1.29, 1.82) is 0 Å². The molecule has 0 spiro atoms. The van der Waals surface area contributed by atoms with E-state index in [0.717, 1.165) is 31.4 Å². The topological polar surface area (TPSA) is 64.7 Å². The van der Waals surface area contributed by atoms with Gasteiger partial charge in [0, 0.05) is 19.6 Å². The van der Waals surface area contributed by atoms with E-state index in [0.29, 0.717) is 12.6 Å². The standard InChI is InChI=1S/C16H22N4O2/c1-19(18-13-6-3-2-4-7-13)15(21)14-8-5-11-20(14)16(22)17-12-9-10-12/h2-4,6-7,12,14,18H,5,8-11H2,1H3,(H,17,22). The summed E-state index contributed by atoms with van der Waals surface area (Å²) in [6.07, 6.45) is 3.69. The van der Waals surface area contributed by atoms with Gasteiger partial charge in [0.25, 0.3) is 5.91 Å². The normalized spacial score (nSPS) is 20.6. The molecule has 6 nitrogen and oxygen atoms in total. The van der Waals surface area contributed by atoms with Gasteiger partial charge in [0.05, 0.1) is 5.69 Å². The van der Waals surface area contributed by atoms with Crippen molar-refractivity contribution >= 4 is 17.6 Å². The smallest absolute Gasteiger partial charge is 0.318 e. The maximum absolute atomic E-state index is 12.6. The van der Waals surface area contributed by atoms with Crippen LogP contribution in [0.4, 0.5) is 10.5 Å². The van der Waals surface area contributed by atoms with Crippen LogP contribution in [0.5, 0.6) is 0 Å². The quantitative estimate of drug-likeness (QED) is 0.834. The molecular weight excluding hydrogens is 280 g/mol. The third-order valence-corrected chi connectivity index (χ3v) is 4.10. The highest BCUT2D eigenvalue weighted by molar-refractivity contribution is 5.88. The van der Waals surface area contributed by atoms with Crippen molar-refractivity contribution in [2.45, 2.75) is 37.8 Å². The van der Waals surface area contributed by atoms with Crippen molar-refractivity contribution in [3.05, 3.63) is 30.3 Å². The molecule has 1 saturated heterocycles. The van der Waals surface area contributed by atoms with E-state index < -0.39 is 0 Å². The van der Waals surface area contributed by atoms with Crippen LogP contribution in [0, 0.1) is 0 Å². The summed E-state index contributed by atoms with van der Waals surface area (Å²) in [6, 6.07) is 9.37. The van der Waals surface area contributed by atoms with E-state index in [9.17, 15) is 9.59 Å². The molecule has 1 aliphatic carbocycles. The molecule has 1 unspecified atom stereocenters. The summed E-state index contributed by atoms with van der Waals surface area (Å²) in [4.78, 5) is 26.5. The molecule has 2 aliphatic rings. The monoisotopic (exact) mass is 302 g/mol. The number of rotatable bonds is 4. The number of likely N-dealkylation sites (tertiary alicyclic amines) is 1. The number of hydrogen-bond acceptors (Lipinski definition) is 3. The zero-order valence-corrected chi connectivity index (χ0v) is 12.8. The lowest BCUT2D eigenvalue weighted by Gasteiger charge is -2.28. The number of benzene rings is 1. The van der Waals surface area contributed by atoms with E-state index in [-0.39, 0.29) is 18.0 Å². The minimum atomic E-state index is -0.375. The Kier molecular flexibility index (Phi) is 4.18. The van der Waals surface area contributed by atoms with Crippen LogP contribution in [-0.2, 0) is 4.79 Å². The number of carbonyl (C=O) groups is 2. The molecular formula is C16H22N4O2. The zero-order chi connectivity index (χ0) is 15.5. The summed E-state index contributed by atoms with van der Waals surface area (Å²) >= 11 is 0. The molecule has 3 amide bonds. The van der Waals surface area contributed by atoms with Crippen LogP contribution >= 0.6 is 0 Å². The second kappa shape index (κ2) is 6.25. The van der Waals surface area contributed by atoms with Crippen LogP contribution in [0.25, 0.3) is 0 Å². The Bertz CT molecular complexity index is 544. The summed E-state index contributed by atoms with van der Waals surface area (Å²) in [7, 11) is 1.70. The van der Waals surface area contributed by atoms with Crippen molar-refractivity contribution in [1.82, 2.24) is 15.2 Å².